The van der Waals surface area contributed by atoms with Crippen molar-refractivity contribution in [3.05, 3.63) is 29.6 Å². The molecule has 2 aromatic rings. The fourth-order valence-electron chi connectivity index (χ4n) is 2.12. The van der Waals surface area contributed by atoms with Crippen molar-refractivity contribution in [2.45, 2.75) is 32.7 Å². The van der Waals surface area contributed by atoms with Crippen molar-refractivity contribution < 1.29 is 0 Å². The van der Waals surface area contributed by atoms with E-state index in [0.717, 1.165) is 23.4 Å². The van der Waals surface area contributed by atoms with Crippen LogP contribution in [0, 0.1) is 17.2 Å². The highest BCUT2D eigenvalue weighted by atomic mass is 35.5. The zero-order valence-corrected chi connectivity index (χ0v) is 11.6. The topological polar surface area (TPSA) is 41.6 Å². The van der Waals surface area contributed by atoms with Crippen LogP contribution in [0.1, 0.15) is 37.5 Å². The van der Waals surface area contributed by atoms with Crippen molar-refractivity contribution in [3.8, 4) is 6.07 Å². The van der Waals surface area contributed by atoms with E-state index in [0.29, 0.717) is 11.5 Å². The van der Waals surface area contributed by atoms with Crippen molar-refractivity contribution >= 4 is 22.6 Å². The van der Waals surface area contributed by atoms with E-state index >= 15 is 0 Å². The minimum absolute atomic E-state index is 0.164. The molecule has 18 heavy (non-hydrogen) atoms. The zero-order valence-electron chi connectivity index (χ0n) is 10.8. The molecule has 1 unspecified atom stereocenters. The predicted octanol–water partition coefficient (Wildman–Crippen LogP) is 3.86. The maximum atomic E-state index is 9.12. The first-order valence-corrected chi connectivity index (χ1v) is 6.51. The Hall–Kier alpha value is -1.53. The summed E-state index contributed by atoms with van der Waals surface area (Å²) in [7, 11) is 0. The van der Waals surface area contributed by atoms with Crippen LogP contribution in [-0.4, -0.2) is 9.55 Å². The van der Waals surface area contributed by atoms with Gasteiger partial charge in [-0.3, -0.25) is 0 Å². The van der Waals surface area contributed by atoms with E-state index < -0.39 is 0 Å². The first-order valence-electron chi connectivity index (χ1n) is 6.08. The summed E-state index contributed by atoms with van der Waals surface area (Å²) in [5, 5.41) is 8.96. The van der Waals surface area contributed by atoms with Crippen LogP contribution >= 0.6 is 11.6 Å². The van der Waals surface area contributed by atoms with E-state index in [1.54, 1.807) is 6.07 Å². The van der Waals surface area contributed by atoms with E-state index in [-0.39, 0.29) is 5.38 Å². The first-order chi connectivity index (χ1) is 8.54. The Balaban J connectivity index is 2.72. The summed E-state index contributed by atoms with van der Waals surface area (Å²) in [6.07, 6.45) is 0. The number of fused-ring (bicyclic) bond motifs is 1. The number of hydrogen-bond acceptors (Lipinski definition) is 2. The molecule has 1 aromatic carbocycles. The number of nitriles is 1. The first kappa shape index (κ1) is 12.9. The third-order valence-corrected chi connectivity index (χ3v) is 3.03. The molecule has 0 N–H and O–H groups in total. The highest BCUT2D eigenvalue weighted by Gasteiger charge is 2.17. The van der Waals surface area contributed by atoms with Crippen LogP contribution in [0.3, 0.4) is 0 Å². The second-order valence-corrected chi connectivity index (χ2v) is 5.53. The number of benzene rings is 1. The molecular formula is C14H16ClN3. The second kappa shape index (κ2) is 4.99. The molecule has 1 atom stereocenters. The highest BCUT2D eigenvalue weighted by Crippen LogP contribution is 2.27. The maximum Gasteiger partial charge on any atom is 0.127 e. The van der Waals surface area contributed by atoms with Gasteiger partial charge in [0.2, 0.25) is 0 Å². The van der Waals surface area contributed by atoms with Gasteiger partial charge in [-0.15, -0.1) is 11.6 Å². The summed E-state index contributed by atoms with van der Waals surface area (Å²) < 4.78 is 2.12. The van der Waals surface area contributed by atoms with Gasteiger partial charge >= 0.3 is 0 Å². The Labute approximate surface area is 112 Å². The number of aromatic nitrogens is 2. The summed E-state index contributed by atoms with van der Waals surface area (Å²) >= 11 is 6.19. The van der Waals surface area contributed by atoms with Gasteiger partial charge in [-0.2, -0.15) is 5.26 Å². The molecule has 0 aliphatic rings. The Bertz CT molecular complexity index is 605. The van der Waals surface area contributed by atoms with Crippen LogP contribution in [-0.2, 0) is 6.54 Å². The minimum atomic E-state index is -0.164. The summed E-state index contributed by atoms with van der Waals surface area (Å²) in [5.41, 5.74) is 2.35. The lowest BCUT2D eigenvalue weighted by Gasteiger charge is -2.12. The fourth-order valence-corrected chi connectivity index (χ4v) is 2.28. The third kappa shape index (κ3) is 2.21. The van der Waals surface area contributed by atoms with E-state index in [2.05, 4.69) is 29.5 Å². The normalized spacial score (nSPS) is 12.9. The summed E-state index contributed by atoms with van der Waals surface area (Å²) in [6, 6.07) is 7.86. The largest absolute Gasteiger partial charge is 0.326 e. The van der Waals surface area contributed by atoms with Crippen molar-refractivity contribution in [2.24, 2.45) is 5.92 Å². The molecule has 0 aliphatic carbocycles. The third-order valence-electron chi connectivity index (χ3n) is 2.83. The monoisotopic (exact) mass is 261 g/mol. The van der Waals surface area contributed by atoms with Crippen LogP contribution < -0.4 is 0 Å². The zero-order chi connectivity index (χ0) is 13.3. The number of para-hydroxylation sites is 1. The molecular weight excluding hydrogens is 246 g/mol. The molecule has 0 spiro atoms. The van der Waals surface area contributed by atoms with Gasteiger partial charge < -0.3 is 4.57 Å². The molecule has 1 aromatic heterocycles. The fraction of sp³-hybridized carbons (Fsp3) is 0.429. The Morgan fingerprint density at radius 2 is 2.11 bits per heavy atom. The average molecular weight is 262 g/mol. The number of rotatable bonds is 3. The summed E-state index contributed by atoms with van der Waals surface area (Å²) in [5.74, 6) is 1.34. The Morgan fingerprint density at radius 1 is 1.39 bits per heavy atom. The lowest BCUT2D eigenvalue weighted by Crippen LogP contribution is -2.08. The van der Waals surface area contributed by atoms with Gasteiger partial charge in [0.1, 0.15) is 17.4 Å². The Morgan fingerprint density at radius 3 is 2.67 bits per heavy atom. The van der Waals surface area contributed by atoms with E-state index in [9.17, 15) is 0 Å². The molecule has 0 saturated heterocycles. The van der Waals surface area contributed by atoms with Gasteiger partial charge in [0.15, 0.2) is 0 Å². The van der Waals surface area contributed by atoms with Crippen LogP contribution in [0.25, 0.3) is 11.0 Å². The lowest BCUT2D eigenvalue weighted by atomic mass is 10.2. The van der Waals surface area contributed by atoms with Gasteiger partial charge in [-0.25, -0.2) is 4.98 Å². The number of imidazole rings is 1. The van der Waals surface area contributed by atoms with E-state index in [1.165, 1.54) is 0 Å². The second-order valence-electron chi connectivity index (χ2n) is 4.88. The van der Waals surface area contributed by atoms with Gasteiger partial charge in [-0.1, -0.05) is 19.9 Å². The molecule has 0 aliphatic heterocycles. The van der Waals surface area contributed by atoms with Gasteiger partial charge in [-0.05, 0) is 25.0 Å². The summed E-state index contributed by atoms with van der Waals surface area (Å²) in [4.78, 5) is 4.54. The predicted molar refractivity (Wildman–Crippen MR) is 73.6 cm³/mol. The molecule has 2 rings (SSSR count). The molecule has 0 radical (unpaired) electrons. The highest BCUT2D eigenvalue weighted by molar-refractivity contribution is 6.20. The SMILES string of the molecule is CC(C)Cn1c(C(C)Cl)nc2c(C#N)cccc21. The molecule has 1 heterocycles. The van der Waals surface area contributed by atoms with E-state index in [4.69, 9.17) is 16.9 Å². The average Bonchev–Trinajstić information content (AvgIpc) is 2.67. The molecule has 3 nitrogen and oxygen atoms in total. The smallest absolute Gasteiger partial charge is 0.127 e. The van der Waals surface area contributed by atoms with E-state index in [1.807, 2.05) is 19.1 Å². The van der Waals surface area contributed by atoms with Gasteiger partial charge in [0.25, 0.3) is 0 Å². The number of nitrogens with zero attached hydrogens (tertiary/aromatic N) is 3. The molecule has 94 valence electrons. The van der Waals surface area contributed by atoms with Crippen LogP contribution in [0.5, 0.6) is 0 Å². The van der Waals surface area contributed by atoms with Crippen molar-refractivity contribution in [1.82, 2.24) is 9.55 Å². The molecule has 0 bridgehead atoms. The van der Waals surface area contributed by atoms with Gasteiger partial charge in [0.05, 0.1) is 16.5 Å². The lowest BCUT2D eigenvalue weighted by molar-refractivity contribution is 0.517. The number of alkyl halides is 1. The molecule has 0 amide bonds. The van der Waals surface area contributed by atoms with Crippen molar-refractivity contribution in [1.29, 1.82) is 5.26 Å². The van der Waals surface area contributed by atoms with Crippen molar-refractivity contribution in [3.63, 3.8) is 0 Å². The van der Waals surface area contributed by atoms with Gasteiger partial charge in [0, 0.05) is 6.54 Å². The van der Waals surface area contributed by atoms with Crippen molar-refractivity contribution in [2.75, 3.05) is 0 Å². The van der Waals surface area contributed by atoms with Crippen LogP contribution in [0.2, 0.25) is 0 Å². The standard InChI is InChI=1S/C14H16ClN3/c1-9(2)8-18-12-6-4-5-11(7-16)13(12)17-14(18)10(3)15/h4-6,9-10H,8H2,1-3H3. The number of hydrogen-bond donors (Lipinski definition) is 0. The van der Waals surface area contributed by atoms with Crippen LogP contribution in [0.15, 0.2) is 18.2 Å². The molecule has 0 fully saturated rings. The minimum Gasteiger partial charge on any atom is -0.326 e. The van der Waals surface area contributed by atoms with Crippen LogP contribution in [0.4, 0.5) is 0 Å². The Kier molecular flexibility index (Phi) is 3.58. The molecule has 0 saturated carbocycles. The maximum absolute atomic E-state index is 9.12. The quantitative estimate of drug-likeness (QED) is 0.787. The molecule has 4 heteroatoms. The number of halogens is 1. The summed E-state index contributed by atoms with van der Waals surface area (Å²) in [6.45, 7) is 7.08.